The van der Waals surface area contributed by atoms with Gasteiger partial charge in [-0.3, -0.25) is 0 Å². The molecule has 0 saturated carbocycles. The minimum absolute atomic E-state index is 0.115. The molecule has 15 heavy (non-hydrogen) atoms. The lowest BCUT2D eigenvalue weighted by Gasteiger charge is -2.32. The highest BCUT2D eigenvalue weighted by Gasteiger charge is 2.19. The Balaban J connectivity index is 2.57. The SMILES string of the molecule is CN(C)C(C)(C)CNc1cccc(Br)n1. The second-order valence-electron chi connectivity index (χ2n) is 4.41. The molecule has 0 aliphatic carbocycles. The maximum atomic E-state index is 4.32. The van der Waals surface area contributed by atoms with Crippen LogP contribution < -0.4 is 5.32 Å². The molecule has 0 fully saturated rings. The Hall–Kier alpha value is -0.610. The molecule has 0 bridgehead atoms. The van der Waals surface area contributed by atoms with Crippen LogP contribution in [0.4, 0.5) is 5.82 Å². The largest absolute Gasteiger partial charge is 0.368 e. The van der Waals surface area contributed by atoms with Crippen molar-refractivity contribution in [1.82, 2.24) is 9.88 Å². The zero-order valence-corrected chi connectivity index (χ0v) is 11.3. The Bertz CT molecular complexity index is 323. The Morgan fingerprint density at radius 2 is 2.07 bits per heavy atom. The standard InChI is InChI=1S/C11H18BrN3/c1-11(2,15(3)4)8-13-10-7-5-6-9(12)14-10/h5-7H,8H2,1-4H3,(H,13,14). The van der Waals surface area contributed by atoms with Crippen LogP contribution in [0.1, 0.15) is 13.8 Å². The predicted molar refractivity (Wildman–Crippen MR) is 68.2 cm³/mol. The zero-order valence-electron chi connectivity index (χ0n) is 9.71. The first-order valence-corrected chi connectivity index (χ1v) is 5.75. The molecule has 4 heteroatoms. The number of aromatic nitrogens is 1. The van der Waals surface area contributed by atoms with Gasteiger partial charge in [-0.2, -0.15) is 0 Å². The second-order valence-corrected chi connectivity index (χ2v) is 5.22. The first-order chi connectivity index (χ1) is 6.92. The number of hydrogen-bond acceptors (Lipinski definition) is 3. The van der Waals surface area contributed by atoms with Gasteiger partial charge < -0.3 is 10.2 Å². The van der Waals surface area contributed by atoms with Crippen LogP contribution in [0.3, 0.4) is 0 Å². The summed E-state index contributed by atoms with van der Waals surface area (Å²) in [7, 11) is 4.16. The van der Waals surface area contributed by atoms with Crippen LogP contribution in [-0.4, -0.2) is 36.1 Å². The van der Waals surface area contributed by atoms with E-state index in [9.17, 15) is 0 Å². The molecule has 0 aromatic carbocycles. The summed E-state index contributed by atoms with van der Waals surface area (Å²) in [6.45, 7) is 5.25. The molecule has 1 N–H and O–H groups in total. The van der Waals surface area contributed by atoms with Crippen molar-refractivity contribution >= 4 is 21.7 Å². The number of rotatable bonds is 4. The summed E-state index contributed by atoms with van der Waals surface area (Å²) in [6, 6.07) is 5.86. The van der Waals surface area contributed by atoms with E-state index in [1.807, 2.05) is 18.2 Å². The number of pyridine rings is 1. The van der Waals surface area contributed by atoms with Crippen LogP contribution in [0.15, 0.2) is 22.8 Å². The van der Waals surface area contributed by atoms with E-state index in [0.717, 1.165) is 17.0 Å². The molecule has 3 nitrogen and oxygen atoms in total. The molecule has 1 aromatic rings. The minimum atomic E-state index is 0.115. The first-order valence-electron chi connectivity index (χ1n) is 4.96. The van der Waals surface area contributed by atoms with E-state index in [1.54, 1.807) is 0 Å². The average Bonchev–Trinajstić information content (AvgIpc) is 2.15. The van der Waals surface area contributed by atoms with Crippen molar-refractivity contribution in [1.29, 1.82) is 0 Å². The quantitative estimate of drug-likeness (QED) is 0.854. The molecular formula is C11H18BrN3. The van der Waals surface area contributed by atoms with Crippen molar-refractivity contribution < 1.29 is 0 Å². The number of nitrogens with one attached hydrogen (secondary N) is 1. The second kappa shape index (κ2) is 4.94. The third-order valence-electron chi connectivity index (χ3n) is 2.63. The van der Waals surface area contributed by atoms with Crippen molar-refractivity contribution in [2.24, 2.45) is 0 Å². The summed E-state index contributed by atoms with van der Waals surface area (Å²) in [5.41, 5.74) is 0.115. The molecule has 0 saturated heterocycles. The van der Waals surface area contributed by atoms with Gasteiger partial charge in [-0.05, 0) is 56.0 Å². The predicted octanol–water partition coefficient (Wildman–Crippen LogP) is 2.60. The third kappa shape index (κ3) is 3.80. The number of hydrogen-bond donors (Lipinski definition) is 1. The summed E-state index contributed by atoms with van der Waals surface area (Å²) >= 11 is 3.35. The highest BCUT2D eigenvalue weighted by atomic mass is 79.9. The maximum Gasteiger partial charge on any atom is 0.127 e. The fourth-order valence-electron chi connectivity index (χ4n) is 0.972. The Morgan fingerprint density at radius 1 is 1.40 bits per heavy atom. The van der Waals surface area contributed by atoms with E-state index in [2.05, 4.69) is 59.1 Å². The Labute approximate surface area is 100 Å². The molecule has 0 aliphatic rings. The van der Waals surface area contributed by atoms with Gasteiger partial charge in [-0.1, -0.05) is 6.07 Å². The van der Waals surface area contributed by atoms with E-state index in [0.29, 0.717) is 0 Å². The fraction of sp³-hybridized carbons (Fsp3) is 0.545. The van der Waals surface area contributed by atoms with Crippen LogP contribution in [0.2, 0.25) is 0 Å². The summed E-state index contributed by atoms with van der Waals surface area (Å²) in [5.74, 6) is 0.902. The van der Waals surface area contributed by atoms with Gasteiger partial charge in [0, 0.05) is 12.1 Å². The highest BCUT2D eigenvalue weighted by molar-refractivity contribution is 9.10. The van der Waals surface area contributed by atoms with Crippen molar-refractivity contribution in [2.45, 2.75) is 19.4 Å². The summed E-state index contributed by atoms with van der Waals surface area (Å²) in [6.07, 6.45) is 0. The van der Waals surface area contributed by atoms with Crippen molar-refractivity contribution in [3.8, 4) is 0 Å². The monoisotopic (exact) mass is 271 g/mol. The maximum absolute atomic E-state index is 4.32. The van der Waals surface area contributed by atoms with Crippen LogP contribution in [0.25, 0.3) is 0 Å². The molecule has 0 spiro atoms. The average molecular weight is 272 g/mol. The van der Waals surface area contributed by atoms with Crippen LogP contribution in [-0.2, 0) is 0 Å². The van der Waals surface area contributed by atoms with Gasteiger partial charge in [0.25, 0.3) is 0 Å². The van der Waals surface area contributed by atoms with Gasteiger partial charge in [-0.15, -0.1) is 0 Å². The zero-order chi connectivity index (χ0) is 11.5. The number of halogens is 1. The van der Waals surface area contributed by atoms with Crippen molar-refractivity contribution in [2.75, 3.05) is 26.0 Å². The van der Waals surface area contributed by atoms with Gasteiger partial charge in [-0.25, -0.2) is 4.98 Å². The molecule has 84 valence electrons. The van der Waals surface area contributed by atoms with Gasteiger partial charge in [0.2, 0.25) is 0 Å². The van der Waals surface area contributed by atoms with E-state index in [4.69, 9.17) is 0 Å². The summed E-state index contributed by atoms with van der Waals surface area (Å²) in [4.78, 5) is 6.52. The number of anilines is 1. The normalized spacial score (nSPS) is 11.9. The number of nitrogens with zero attached hydrogens (tertiary/aromatic N) is 2. The van der Waals surface area contributed by atoms with Crippen molar-refractivity contribution in [3.05, 3.63) is 22.8 Å². The van der Waals surface area contributed by atoms with Gasteiger partial charge >= 0.3 is 0 Å². The van der Waals surface area contributed by atoms with E-state index < -0.39 is 0 Å². The minimum Gasteiger partial charge on any atom is -0.368 e. The number of likely N-dealkylation sites (N-methyl/N-ethyl adjacent to an activating group) is 1. The lowest BCUT2D eigenvalue weighted by atomic mass is 10.0. The molecule has 1 heterocycles. The molecule has 0 atom stereocenters. The van der Waals surface area contributed by atoms with Crippen LogP contribution in [0.5, 0.6) is 0 Å². The van der Waals surface area contributed by atoms with Gasteiger partial charge in [0.15, 0.2) is 0 Å². The van der Waals surface area contributed by atoms with Crippen molar-refractivity contribution in [3.63, 3.8) is 0 Å². The third-order valence-corrected chi connectivity index (χ3v) is 3.07. The molecular weight excluding hydrogens is 254 g/mol. The lowest BCUT2D eigenvalue weighted by Crippen LogP contribution is -2.44. The Kier molecular flexibility index (Phi) is 4.11. The topological polar surface area (TPSA) is 28.2 Å². The van der Waals surface area contributed by atoms with E-state index >= 15 is 0 Å². The Morgan fingerprint density at radius 3 is 2.60 bits per heavy atom. The van der Waals surface area contributed by atoms with Crippen LogP contribution in [0, 0.1) is 0 Å². The molecule has 1 rings (SSSR count). The first kappa shape index (κ1) is 12.5. The molecule has 0 unspecified atom stereocenters. The molecule has 1 aromatic heterocycles. The lowest BCUT2D eigenvalue weighted by molar-refractivity contribution is 0.210. The van der Waals surface area contributed by atoms with Gasteiger partial charge in [0.1, 0.15) is 10.4 Å². The summed E-state index contributed by atoms with van der Waals surface area (Å²) in [5, 5.41) is 3.32. The van der Waals surface area contributed by atoms with Crippen LogP contribution >= 0.6 is 15.9 Å². The van der Waals surface area contributed by atoms with E-state index in [1.165, 1.54) is 0 Å². The highest BCUT2D eigenvalue weighted by Crippen LogP contribution is 2.13. The molecule has 0 radical (unpaired) electrons. The summed E-state index contributed by atoms with van der Waals surface area (Å²) < 4.78 is 0.857. The fourth-order valence-corrected chi connectivity index (χ4v) is 1.32. The van der Waals surface area contributed by atoms with E-state index in [-0.39, 0.29) is 5.54 Å². The molecule has 0 amide bonds. The molecule has 0 aliphatic heterocycles. The van der Waals surface area contributed by atoms with Gasteiger partial charge in [0.05, 0.1) is 0 Å². The smallest absolute Gasteiger partial charge is 0.127 e.